The Morgan fingerprint density at radius 3 is 2.54 bits per heavy atom. The van der Waals surface area contributed by atoms with Crippen LogP contribution in [0.25, 0.3) is 22.0 Å². The van der Waals surface area contributed by atoms with Crippen molar-refractivity contribution >= 4 is 33.9 Å². The van der Waals surface area contributed by atoms with E-state index in [0.29, 0.717) is 43.9 Å². The highest BCUT2D eigenvalue weighted by atomic mass is 19.2. The van der Waals surface area contributed by atoms with Crippen molar-refractivity contribution in [1.82, 2.24) is 14.9 Å². The maximum Gasteiger partial charge on any atom is 0.227 e. The van der Waals surface area contributed by atoms with Crippen molar-refractivity contribution in [3.8, 4) is 11.1 Å². The molecule has 1 aliphatic heterocycles. The first-order valence-corrected chi connectivity index (χ1v) is 11.5. The zero-order valence-corrected chi connectivity index (χ0v) is 19.1. The van der Waals surface area contributed by atoms with Gasteiger partial charge in [-0.25, -0.2) is 18.7 Å². The number of nitrogens with zero attached hydrogens (tertiary/aromatic N) is 4. The lowest BCUT2D eigenvalue weighted by Crippen LogP contribution is -2.47. The molecule has 4 aromatic rings. The maximum absolute atomic E-state index is 15.0. The molecule has 1 fully saturated rings. The van der Waals surface area contributed by atoms with E-state index in [-0.39, 0.29) is 23.9 Å². The minimum Gasteiger partial charge on any atom is -0.399 e. The Morgan fingerprint density at radius 1 is 0.971 bits per heavy atom. The standard InChI is InChI=1S/C26H26F2N6O/c27-23-21(7-8-22(24(23)28)34-11-9-33(10-12-34)13-14-35)31-26-30-16-18-4-2-6-20(25(18)32-26)17-3-1-5-19(29)15-17/h1-8,15-16,35H,9-14,29H2,(H,30,31,32). The van der Waals surface area contributed by atoms with E-state index in [9.17, 15) is 0 Å². The molecule has 1 aromatic heterocycles. The van der Waals surface area contributed by atoms with Gasteiger partial charge in [0.05, 0.1) is 23.5 Å². The topological polar surface area (TPSA) is 90.5 Å². The number of fused-ring (bicyclic) bond motifs is 1. The van der Waals surface area contributed by atoms with E-state index >= 15 is 8.78 Å². The van der Waals surface area contributed by atoms with E-state index in [1.54, 1.807) is 12.3 Å². The fourth-order valence-corrected chi connectivity index (χ4v) is 4.41. The summed E-state index contributed by atoms with van der Waals surface area (Å²) in [5, 5.41) is 12.7. The van der Waals surface area contributed by atoms with Crippen LogP contribution in [-0.2, 0) is 0 Å². The van der Waals surface area contributed by atoms with Crippen LogP contribution in [-0.4, -0.2) is 59.3 Å². The SMILES string of the molecule is Nc1cccc(-c2cccc3cnc(Nc4ccc(N5CCN(CCO)CC5)c(F)c4F)nc23)c1. The van der Waals surface area contributed by atoms with Gasteiger partial charge in [0.1, 0.15) is 0 Å². The number of nitrogen functional groups attached to an aromatic ring is 1. The van der Waals surface area contributed by atoms with Crippen molar-refractivity contribution in [3.05, 3.63) is 72.4 Å². The van der Waals surface area contributed by atoms with Crippen LogP contribution in [0.15, 0.2) is 60.8 Å². The Hall–Kier alpha value is -3.82. The molecular weight excluding hydrogens is 450 g/mol. The summed E-state index contributed by atoms with van der Waals surface area (Å²) in [7, 11) is 0. The number of aliphatic hydroxyl groups is 1. The fourth-order valence-electron chi connectivity index (χ4n) is 4.41. The fraction of sp³-hybridized carbons (Fsp3) is 0.231. The van der Waals surface area contributed by atoms with Gasteiger partial charge in [-0.2, -0.15) is 0 Å². The molecule has 0 spiro atoms. The number of benzene rings is 3. The molecule has 0 amide bonds. The second-order valence-electron chi connectivity index (χ2n) is 8.50. The highest BCUT2D eigenvalue weighted by molar-refractivity contribution is 5.94. The smallest absolute Gasteiger partial charge is 0.227 e. The van der Waals surface area contributed by atoms with Crippen LogP contribution >= 0.6 is 0 Å². The minimum absolute atomic E-state index is 0.0362. The van der Waals surface area contributed by atoms with Crippen molar-refractivity contribution < 1.29 is 13.9 Å². The lowest BCUT2D eigenvalue weighted by atomic mass is 10.0. The number of para-hydroxylation sites is 1. The van der Waals surface area contributed by atoms with E-state index in [2.05, 4.69) is 20.2 Å². The van der Waals surface area contributed by atoms with E-state index in [1.807, 2.05) is 47.4 Å². The minimum atomic E-state index is -0.979. The van der Waals surface area contributed by atoms with Crippen LogP contribution < -0.4 is 16.0 Å². The van der Waals surface area contributed by atoms with Crippen LogP contribution in [0.3, 0.4) is 0 Å². The molecule has 1 aliphatic rings. The van der Waals surface area contributed by atoms with Crippen molar-refractivity contribution in [2.24, 2.45) is 0 Å². The predicted molar refractivity (Wildman–Crippen MR) is 135 cm³/mol. The van der Waals surface area contributed by atoms with E-state index in [1.165, 1.54) is 6.07 Å². The van der Waals surface area contributed by atoms with E-state index in [0.717, 1.165) is 16.5 Å². The second kappa shape index (κ2) is 9.81. The molecule has 0 saturated carbocycles. The molecule has 0 aliphatic carbocycles. The van der Waals surface area contributed by atoms with E-state index in [4.69, 9.17) is 10.8 Å². The predicted octanol–water partition coefficient (Wildman–Crippen LogP) is 4.02. The zero-order chi connectivity index (χ0) is 24.4. The molecule has 9 heteroatoms. The normalized spacial score (nSPS) is 14.4. The van der Waals surface area contributed by atoms with Crippen molar-refractivity contribution in [2.45, 2.75) is 0 Å². The highest BCUT2D eigenvalue weighted by Gasteiger charge is 2.22. The average molecular weight is 477 g/mol. The number of aromatic nitrogens is 2. The largest absolute Gasteiger partial charge is 0.399 e. The Morgan fingerprint density at radius 2 is 1.77 bits per heavy atom. The van der Waals surface area contributed by atoms with Gasteiger partial charge < -0.3 is 21.1 Å². The lowest BCUT2D eigenvalue weighted by molar-refractivity contribution is 0.188. The van der Waals surface area contributed by atoms with Gasteiger partial charge in [-0.05, 0) is 29.8 Å². The molecule has 0 radical (unpaired) electrons. The molecule has 180 valence electrons. The molecule has 1 saturated heterocycles. The Balaban J connectivity index is 1.41. The molecule has 0 unspecified atom stereocenters. The van der Waals surface area contributed by atoms with Gasteiger partial charge >= 0.3 is 0 Å². The summed E-state index contributed by atoms with van der Waals surface area (Å²) >= 11 is 0. The number of piperazine rings is 1. The van der Waals surface area contributed by atoms with Crippen molar-refractivity contribution in [3.63, 3.8) is 0 Å². The molecule has 5 rings (SSSR count). The number of nitrogens with one attached hydrogen (secondary N) is 1. The first kappa shape index (κ1) is 22.9. The summed E-state index contributed by atoms with van der Waals surface area (Å²) in [6.07, 6.45) is 1.65. The number of β-amino-alcohol motifs (C(OH)–C–C–N with tert-alkyl or cyclic N) is 1. The third-order valence-corrected chi connectivity index (χ3v) is 6.25. The van der Waals surface area contributed by atoms with Gasteiger partial charge in [0.25, 0.3) is 0 Å². The average Bonchev–Trinajstić information content (AvgIpc) is 2.87. The van der Waals surface area contributed by atoms with Crippen LogP contribution in [0.5, 0.6) is 0 Å². The van der Waals surface area contributed by atoms with Crippen molar-refractivity contribution in [1.29, 1.82) is 0 Å². The summed E-state index contributed by atoms with van der Waals surface area (Å²) < 4.78 is 30.0. The van der Waals surface area contributed by atoms with Crippen molar-refractivity contribution in [2.75, 3.05) is 55.3 Å². The van der Waals surface area contributed by atoms with Gasteiger partial charge in [-0.3, -0.25) is 4.90 Å². The molecule has 4 N–H and O–H groups in total. The van der Waals surface area contributed by atoms with E-state index < -0.39 is 11.6 Å². The third kappa shape index (κ3) is 4.73. The summed E-state index contributed by atoms with van der Waals surface area (Å²) in [6.45, 7) is 3.15. The number of anilines is 4. The third-order valence-electron chi connectivity index (χ3n) is 6.25. The molecule has 0 bridgehead atoms. The summed E-state index contributed by atoms with van der Waals surface area (Å²) in [4.78, 5) is 12.8. The number of rotatable bonds is 6. The zero-order valence-electron chi connectivity index (χ0n) is 19.1. The summed E-state index contributed by atoms with van der Waals surface area (Å²) in [5.41, 5.74) is 9.22. The van der Waals surface area contributed by atoms with Crippen LogP contribution in [0.1, 0.15) is 0 Å². The van der Waals surface area contributed by atoms with Crippen LogP contribution in [0.4, 0.5) is 31.8 Å². The number of hydrogen-bond donors (Lipinski definition) is 3. The molecule has 7 nitrogen and oxygen atoms in total. The van der Waals surface area contributed by atoms with Gasteiger partial charge in [0.15, 0.2) is 11.6 Å². The number of nitrogens with two attached hydrogens (primary N) is 1. The number of halogens is 2. The first-order valence-electron chi connectivity index (χ1n) is 11.5. The van der Waals surface area contributed by atoms with Gasteiger partial charge in [-0.15, -0.1) is 0 Å². The second-order valence-corrected chi connectivity index (χ2v) is 8.50. The molecule has 0 atom stereocenters. The number of hydrogen-bond acceptors (Lipinski definition) is 7. The summed E-state index contributed by atoms with van der Waals surface area (Å²) in [6, 6.07) is 16.3. The van der Waals surface area contributed by atoms with Gasteiger partial charge in [-0.1, -0.05) is 30.3 Å². The van der Waals surface area contributed by atoms with Gasteiger partial charge in [0.2, 0.25) is 5.95 Å². The molecular formula is C26H26F2N6O. The Bertz CT molecular complexity index is 1360. The molecule has 35 heavy (non-hydrogen) atoms. The Labute approximate surface area is 201 Å². The first-order chi connectivity index (χ1) is 17.0. The quantitative estimate of drug-likeness (QED) is 0.362. The molecule has 3 aromatic carbocycles. The van der Waals surface area contributed by atoms with Gasteiger partial charge in [0, 0.05) is 55.6 Å². The monoisotopic (exact) mass is 476 g/mol. The highest BCUT2D eigenvalue weighted by Crippen LogP contribution is 2.31. The lowest BCUT2D eigenvalue weighted by Gasteiger charge is -2.36. The number of aliphatic hydroxyl groups excluding tert-OH is 1. The van der Waals surface area contributed by atoms with Crippen LogP contribution in [0.2, 0.25) is 0 Å². The molecule has 2 heterocycles. The Kier molecular flexibility index (Phi) is 6.43. The maximum atomic E-state index is 15.0. The summed E-state index contributed by atoms with van der Waals surface area (Å²) in [5.74, 6) is -1.72. The van der Waals surface area contributed by atoms with Crippen LogP contribution in [0, 0.1) is 11.6 Å².